The predicted molar refractivity (Wildman–Crippen MR) is 83.1 cm³/mol. The lowest BCUT2D eigenvalue weighted by molar-refractivity contribution is -0.117. The van der Waals surface area contributed by atoms with E-state index in [1.165, 1.54) is 22.5 Å². The van der Waals surface area contributed by atoms with Crippen molar-refractivity contribution in [3.8, 4) is 0 Å². The summed E-state index contributed by atoms with van der Waals surface area (Å²) in [6.45, 7) is 3.65. The van der Waals surface area contributed by atoms with Crippen LogP contribution in [0.4, 0.5) is 0 Å². The molecule has 0 aliphatic heterocycles. The lowest BCUT2D eigenvalue weighted by Crippen LogP contribution is -2.34. The molecule has 0 radical (unpaired) electrons. The second kappa shape index (κ2) is 7.57. The van der Waals surface area contributed by atoms with Crippen LogP contribution in [0.1, 0.15) is 24.2 Å². The second-order valence-corrected chi connectivity index (χ2v) is 6.70. The highest BCUT2D eigenvalue weighted by Crippen LogP contribution is 2.25. The highest BCUT2D eigenvalue weighted by atomic mass is 35.5. The van der Waals surface area contributed by atoms with Crippen LogP contribution in [0.3, 0.4) is 0 Å². The molecular weight excluding hydrogens is 330 g/mol. The molecule has 9 heteroatoms. The number of hydrogen-bond acceptors (Lipinski definition) is 4. The highest BCUT2D eigenvalue weighted by molar-refractivity contribution is 7.89. The summed E-state index contributed by atoms with van der Waals surface area (Å²) in [5.74, 6) is -1.30. The van der Waals surface area contributed by atoms with E-state index >= 15 is 0 Å². The molecule has 0 unspecified atom stereocenters. The minimum atomic E-state index is -3.79. The number of carbonyl (C=O) groups excluding carboxylic acids is 2. The first-order valence-electron chi connectivity index (χ1n) is 6.60. The Balaban J connectivity index is 3.20. The maximum absolute atomic E-state index is 12.5. The lowest BCUT2D eigenvalue weighted by atomic mass is 10.2. The number of rotatable bonds is 7. The Morgan fingerprint density at radius 2 is 1.86 bits per heavy atom. The van der Waals surface area contributed by atoms with Gasteiger partial charge in [-0.1, -0.05) is 25.4 Å². The van der Waals surface area contributed by atoms with Crippen LogP contribution < -0.4 is 11.1 Å². The van der Waals surface area contributed by atoms with E-state index in [-0.39, 0.29) is 35.1 Å². The minimum Gasteiger partial charge on any atom is -0.368 e. The fourth-order valence-corrected chi connectivity index (χ4v) is 3.77. The van der Waals surface area contributed by atoms with Crippen molar-refractivity contribution in [1.82, 2.24) is 9.62 Å². The summed E-state index contributed by atoms with van der Waals surface area (Å²) in [6, 6.07) is 3.89. The normalized spacial score (nSPS) is 11.5. The smallest absolute Gasteiger partial charge is 0.251 e. The van der Waals surface area contributed by atoms with Crippen LogP contribution in [0.15, 0.2) is 23.1 Å². The van der Waals surface area contributed by atoms with Crippen molar-refractivity contribution in [2.75, 3.05) is 19.6 Å². The van der Waals surface area contributed by atoms with E-state index in [9.17, 15) is 18.0 Å². The third-order valence-corrected chi connectivity index (χ3v) is 5.47. The molecule has 1 aromatic rings. The van der Waals surface area contributed by atoms with Crippen molar-refractivity contribution in [2.24, 2.45) is 5.73 Å². The molecule has 0 bridgehead atoms. The van der Waals surface area contributed by atoms with E-state index in [1.54, 1.807) is 13.8 Å². The number of benzene rings is 1. The Hall–Kier alpha value is -1.64. The minimum absolute atomic E-state index is 0.0263. The molecule has 0 aliphatic rings. The fourth-order valence-electron chi connectivity index (χ4n) is 1.81. The van der Waals surface area contributed by atoms with Gasteiger partial charge in [0.25, 0.3) is 5.91 Å². The van der Waals surface area contributed by atoms with Crippen molar-refractivity contribution in [1.29, 1.82) is 0 Å². The number of nitrogens with one attached hydrogen (secondary N) is 1. The number of nitrogens with zero attached hydrogens (tertiary/aromatic N) is 1. The highest BCUT2D eigenvalue weighted by Gasteiger charge is 2.25. The molecule has 0 atom stereocenters. The molecule has 0 saturated heterocycles. The van der Waals surface area contributed by atoms with E-state index < -0.39 is 21.8 Å². The number of hydrogen-bond donors (Lipinski definition) is 2. The molecule has 0 fully saturated rings. The van der Waals surface area contributed by atoms with Crippen molar-refractivity contribution < 1.29 is 18.0 Å². The maximum Gasteiger partial charge on any atom is 0.251 e. The van der Waals surface area contributed by atoms with Crippen LogP contribution in [0.25, 0.3) is 0 Å². The Kier molecular flexibility index (Phi) is 6.34. The van der Waals surface area contributed by atoms with E-state index in [0.29, 0.717) is 0 Å². The molecule has 0 aliphatic carbocycles. The third-order valence-electron chi connectivity index (χ3n) is 2.94. The van der Waals surface area contributed by atoms with Gasteiger partial charge in [0.05, 0.1) is 11.6 Å². The Bertz CT molecular complexity index is 672. The molecular formula is C13H18ClN3O4S. The van der Waals surface area contributed by atoms with Gasteiger partial charge in [0.2, 0.25) is 15.9 Å². The number of halogens is 1. The Labute approximate surface area is 134 Å². The molecule has 1 rings (SSSR count). The number of carbonyl (C=O) groups is 2. The standard InChI is InChI=1S/C13H18ClN3O4S/c1-3-17(4-2)22(20,21)11-7-9(5-6-10(11)14)13(19)16-8-12(15)18/h5-7H,3-4,8H2,1-2H3,(H2,15,18)(H,16,19). The van der Waals surface area contributed by atoms with Crippen molar-refractivity contribution >= 4 is 33.4 Å². The zero-order valence-electron chi connectivity index (χ0n) is 12.3. The Morgan fingerprint density at radius 1 is 1.27 bits per heavy atom. The van der Waals surface area contributed by atoms with Crippen LogP contribution in [-0.2, 0) is 14.8 Å². The van der Waals surface area contributed by atoms with Gasteiger partial charge in [-0.15, -0.1) is 0 Å². The van der Waals surface area contributed by atoms with E-state index in [0.717, 1.165) is 0 Å². The van der Waals surface area contributed by atoms with Crippen molar-refractivity contribution in [2.45, 2.75) is 18.7 Å². The zero-order valence-corrected chi connectivity index (χ0v) is 13.9. The fraction of sp³-hybridized carbons (Fsp3) is 0.385. The van der Waals surface area contributed by atoms with E-state index in [1.807, 2.05) is 0 Å². The monoisotopic (exact) mass is 347 g/mol. The van der Waals surface area contributed by atoms with Crippen LogP contribution >= 0.6 is 11.6 Å². The molecule has 0 spiro atoms. The Morgan fingerprint density at radius 3 is 2.36 bits per heavy atom. The average molecular weight is 348 g/mol. The summed E-state index contributed by atoms with van der Waals surface area (Å²) in [4.78, 5) is 22.4. The van der Waals surface area contributed by atoms with E-state index in [2.05, 4.69) is 5.32 Å². The SMILES string of the molecule is CCN(CC)S(=O)(=O)c1cc(C(=O)NCC(N)=O)ccc1Cl. The van der Waals surface area contributed by atoms with Crippen LogP contribution in [0, 0.1) is 0 Å². The quantitative estimate of drug-likeness (QED) is 0.752. The molecule has 0 aromatic heterocycles. The lowest BCUT2D eigenvalue weighted by Gasteiger charge is -2.19. The molecule has 3 N–H and O–H groups in total. The topological polar surface area (TPSA) is 110 Å². The van der Waals surface area contributed by atoms with Crippen molar-refractivity contribution in [3.05, 3.63) is 28.8 Å². The van der Waals surface area contributed by atoms with Gasteiger partial charge >= 0.3 is 0 Å². The van der Waals surface area contributed by atoms with Gasteiger partial charge in [0, 0.05) is 18.7 Å². The third kappa shape index (κ3) is 4.19. The number of nitrogens with two attached hydrogens (primary N) is 1. The largest absolute Gasteiger partial charge is 0.368 e. The van der Waals surface area contributed by atoms with Gasteiger partial charge < -0.3 is 11.1 Å². The molecule has 0 heterocycles. The van der Waals surface area contributed by atoms with Gasteiger partial charge in [0.1, 0.15) is 4.90 Å². The van der Waals surface area contributed by atoms with Gasteiger partial charge in [-0.3, -0.25) is 9.59 Å². The summed E-state index contributed by atoms with van der Waals surface area (Å²) in [5, 5.41) is 2.31. The van der Waals surface area contributed by atoms with Crippen LogP contribution in [0.2, 0.25) is 5.02 Å². The molecule has 22 heavy (non-hydrogen) atoms. The molecule has 2 amide bonds. The summed E-state index contributed by atoms with van der Waals surface area (Å²) in [5.41, 5.74) is 5.02. The predicted octanol–water partition coefficient (Wildman–Crippen LogP) is 0.586. The summed E-state index contributed by atoms with van der Waals surface area (Å²) in [7, 11) is -3.79. The van der Waals surface area contributed by atoms with Gasteiger partial charge in [-0.05, 0) is 18.2 Å². The number of primary amides is 1. The number of sulfonamides is 1. The van der Waals surface area contributed by atoms with Crippen molar-refractivity contribution in [3.63, 3.8) is 0 Å². The average Bonchev–Trinajstić information content (AvgIpc) is 2.45. The molecule has 7 nitrogen and oxygen atoms in total. The van der Waals surface area contributed by atoms with Crippen LogP contribution in [-0.4, -0.2) is 44.2 Å². The van der Waals surface area contributed by atoms with Gasteiger partial charge in [-0.2, -0.15) is 4.31 Å². The first-order chi connectivity index (χ1) is 10.2. The molecule has 1 aromatic carbocycles. The summed E-state index contributed by atoms with van der Waals surface area (Å²) >= 11 is 5.96. The van der Waals surface area contributed by atoms with Gasteiger partial charge in [-0.25, -0.2) is 8.42 Å². The van der Waals surface area contributed by atoms with Gasteiger partial charge in [0.15, 0.2) is 0 Å². The summed E-state index contributed by atoms with van der Waals surface area (Å²) in [6.07, 6.45) is 0. The number of amides is 2. The first-order valence-corrected chi connectivity index (χ1v) is 8.42. The first kappa shape index (κ1) is 18.4. The zero-order chi connectivity index (χ0) is 16.9. The van der Waals surface area contributed by atoms with E-state index in [4.69, 9.17) is 17.3 Å². The second-order valence-electron chi connectivity index (χ2n) is 4.38. The summed E-state index contributed by atoms with van der Waals surface area (Å²) < 4.78 is 26.2. The molecule has 122 valence electrons. The van der Waals surface area contributed by atoms with Crippen LogP contribution in [0.5, 0.6) is 0 Å². The molecule has 0 saturated carbocycles. The maximum atomic E-state index is 12.5.